The fraction of sp³-hybridized carbons (Fsp3) is 0.333. The number of carbonyl (C=O) groups excluding carboxylic acids is 1. The molecule has 0 aliphatic carbocycles. The second kappa shape index (κ2) is 8.76. The second-order valence-electron chi connectivity index (χ2n) is 5.61. The van der Waals surface area contributed by atoms with Crippen molar-refractivity contribution in [2.24, 2.45) is 5.92 Å². The molecule has 2 rings (SSSR count). The zero-order valence-electron chi connectivity index (χ0n) is 14.1. The third-order valence-corrected chi connectivity index (χ3v) is 2.99. The Morgan fingerprint density at radius 1 is 1.17 bits per heavy atom. The molecule has 6 heteroatoms. The van der Waals surface area contributed by atoms with Gasteiger partial charge in [0.15, 0.2) is 6.61 Å². The average Bonchev–Trinajstić information content (AvgIpc) is 2.59. The predicted octanol–water partition coefficient (Wildman–Crippen LogP) is 3.14. The highest BCUT2D eigenvalue weighted by molar-refractivity contribution is 5.91. The molecule has 1 N–H and O–H groups in total. The molecular formula is C18H22N2O4. The zero-order valence-corrected chi connectivity index (χ0v) is 14.1. The summed E-state index contributed by atoms with van der Waals surface area (Å²) in [5.74, 6) is 1.97. The van der Waals surface area contributed by atoms with Gasteiger partial charge in [0.2, 0.25) is 5.88 Å². The van der Waals surface area contributed by atoms with Gasteiger partial charge in [0.1, 0.15) is 11.5 Å². The summed E-state index contributed by atoms with van der Waals surface area (Å²) in [5, 5.41) is 2.70. The maximum atomic E-state index is 11.9. The van der Waals surface area contributed by atoms with E-state index in [1.54, 1.807) is 24.3 Å². The number of benzene rings is 1. The van der Waals surface area contributed by atoms with Crippen molar-refractivity contribution in [3.63, 3.8) is 0 Å². The first kappa shape index (κ1) is 17.6. The maximum absolute atomic E-state index is 11.9. The fourth-order valence-electron chi connectivity index (χ4n) is 1.84. The van der Waals surface area contributed by atoms with Gasteiger partial charge < -0.3 is 19.5 Å². The van der Waals surface area contributed by atoms with Crippen LogP contribution in [0.15, 0.2) is 42.6 Å². The van der Waals surface area contributed by atoms with Crippen molar-refractivity contribution in [3.8, 4) is 17.4 Å². The minimum Gasteiger partial charge on any atom is -0.493 e. The van der Waals surface area contributed by atoms with Crippen LogP contribution in [0.2, 0.25) is 0 Å². The molecule has 0 spiro atoms. The van der Waals surface area contributed by atoms with Crippen molar-refractivity contribution < 1.29 is 19.0 Å². The smallest absolute Gasteiger partial charge is 0.262 e. The van der Waals surface area contributed by atoms with Crippen LogP contribution < -0.4 is 19.5 Å². The molecule has 1 heterocycles. The largest absolute Gasteiger partial charge is 0.493 e. The van der Waals surface area contributed by atoms with E-state index in [2.05, 4.69) is 24.1 Å². The standard InChI is InChI=1S/C18H22N2O4/c1-13(2)11-23-15-5-4-6-16(9-15)24-12-17(21)20-14-7-8-18(22-3)19-10-14/h4-10,13H,11-12H2,1-3H3,(H,20,21). The van der Waals surface area contributed by atoms with Crippen LogP contribution in [-0.2, 0) is 4.79 Å². The number of nitrogens with one attached hydrogen (secondary N) is 1. The highest BCUT2D eigenvalue weighted by Gasteiger charge is 2.06. The lowest BCUT2D eigenvalue weighted by molar-refractivity contribution is -0.118. The summed E-state index contributed by atoms with van der Waals surface area (Å²) in [4.78, 5) is 15.9. The van der Waals surface area contributed by atoms with Crippen LogP contribution in [-0.4, -0.2) is 31.2 Å². The van der Waals surface area contributed by atoms with E-state index in [0.29, 0.717) is 29.8 Å². The van der Waals surface area contributed by atoms with Gasteiger partial charge in [-0.3, -0.25) is 4.79 Å². The number of hydrogen-bond donors (Lipinski definition) is 1. The number of amides is 1. The summed E-state index contributed by atoms with van der Waals surface area (Å²) in [5.41, 5.74) is 0.582. The maximum Gasteiger partial charge on any atom is 0.262 e. The Labute approximate surface area is 141 Å². The normalized spacial score (nSPS) is 10.3. The molecule has 1 aromatic heterocycles. The van der Waals surface area contributed by atoms with E-state index >= 15 is 0 Å². The molecule has 0 radical (unpaired) electrons. The summed E-state index contributed by atoms with van der Waals surface area (Å²) in [7, 11) is 1.54. The molecule has 0 saturated carbocycles. The molecule has 6 nitrogen and oxygen atoms in total. The first-order valence-electron chi connectivity index (χ1n) is 7.72. The molecule has 1 amide bonds. The molecule has 0 bridgehead atoms. The van der Waals surface area contributed by atoms with Gasteiger partial charge >= 0.3 is 0 Å². The van der Waals surface area contributed by atoms with E-state index in [4.69, 9.17) is 14.2 Å². The van der Waals surface area contributed by atoms with Crippen molar-refractivity contribution in [3.05, 3.63) is 42.6 Å². The van der Waals surface area contributed by atoms with Gasteiger partial charge in [-0.15, -0.1) is 0 Å². The van der Waals surface area contributed by atoms with E-state index in [0.717, 1.165) is 5.75 Å². The van der Waals surface area contributed by atoms with Crippen molar-refractivity contribution in [1.82, 2.24) is 4.98 Å². The number of pyridine rings is 1. The van der Waals surface area contributed by atoms with Crippen LogP contribution >= 0.6 is 0 Å². The lowest BCUT2D eigenvalue weighted by Gasteiger charge is -2.11. The van der Waals surface area contributed by atoms with Crippen molar-refractivity contribution in [2.75, 3.05) is 25.6 Å². The summed E-state index contributed by atoms with van der Waals surface area (Å²) in [6, 6.07) is 10.6. The zero-order chi connectivity index (χ0) is 17.4. The van der Waals surface area contributed by atoms with Gasteiger partial charge in [0.25, 0.3) is 5.91 Å². The number of carbonyl (C=O) groups is 1. The number of hydrogen-bond acceptors (Lipinski definition) is 5. The number of methoxy groups -OCH3 is 1. The van der Waals surface area contributed by atoms with E-state index in [1.165, 1.54) is 13.3 Å². The fourth-order valence-corrected chi connectivity index (χ4v) is 1.84. The molecule has 24 heavy (non-hydrogen) atoms. The monoisotopic (exact) mass is 330 g/mol. The van der Waals surface area contributed by atoms with Gasteiger partial charge in [-0.05, 0) is 24.1 Å². The molecular weight excluding hydrogens is 308 g/mol. The van der Waals surface area contributed by atoms with Gasteiger partial charge in [-0.1, -0.05) is 19.9 Å². The second-order valence-corrected chi connectivity index (χ2v) is 5.61. The molecule has 0 aliphatic rings. The molecule has 2 aromatic rings. The van der Waals surface area contributed by atoms with Gasteiger partial charge in [0, 0.05) is 12.1 Å². The van der Waals surface area contributed by atoms with Crippen LogP contribution in [0.25, 0.3) is 0 Å². The van der Waals surface area contributed by atoms with E-state index < -0.39 is 0 Å². The van der Waals surface area contributed by atoms with Crippen molar-refractivity contribution in [1.29, 1.82) is 0 Å². The Kier molecular flexibility index (Phi) is 6.42. The van der Waals surface area contributed by atoms with Crippen LogP contribution in [0.3, 0.4) is 0 Å². The van der Waals surface area contributed by atoms with Crippen LogP contribution in [0.5, 0.6) is 17.4 Å². The number of ether oxygens (including phenoxy) is 3. The topological polar surface area (TPSA) is 69.7 Å². The lowest BCUT2D eigenvalue weighted by atomic mass is 10.2. The summed E-state index contributed by atoms with van der Waals surface area (Å²) in [6.45, 7) is 4.70. The van der Waals surface area contributed by atoms with Crippen LogP contribution in [0.4, 0.5) is 5.69 Å². The van der Waals surface area contributed by atoms with Gasteiger partial charge in [0.05, 0.1) is 25.6 Å². The third kappa shape index (κ3) is 5.79. The SMILES string of the molecule is COc1ccc(NC(=O)COc2cccc(OCC(C)C)c2)cn1. The Hall–Kier alpha value is -2.76. The Bertz CT molecular complexity index is 656. The third-order valence-electron chi connectivity index (χ3n) is 2.99. The highest BCUT2D eigenvalue weighted by atomic mass is 16.5. The molecule has 0 saturated heterocycles. The van der Waals surface area contributed by atoms with Crippen molar-refractivity contribution >= 4 is 11.6 Å². The molecule has 128 valence electrons. The molecule has 0 unspecified atom stereocenters. The molecule has 0 aliphatic heterocycles. The van der Waals surface area contributed by atoms with Gasteiger partial charge in [-0.2, -0.15) is 0 Å². The van der Waals surface area contributed by atoms with E-state index in [-0.39, 0.29) is 12.5 Å². The average molecular weight is 330 g/mol. The minimum absolute atomic E-state index is 0.0976. The summed E-state index contributed by atoms with van der Waals surface area (Å²) in [6.07, 6.45) is 1.52. The number of aromatic nitrogens is 1. The van der Waals surface area contributed by atoms with Gasteiger partial charge in [-0.25, -0.2) is 4.98 Å². The summed E-state index contributed by atoms with van der Waals surface area (Å²) < 4.78 is 16.1. The molecule has 0 atom stereocenters. The first-order chi connectivity index (χ1) is 11.6. The van der Waals surface area contributed by atoms with Crippen LogP contribution in [0.1, 0.15) is 13.8 Å². The van der Waals surface area contributed by atoms with Crippen molar-refractivity contribution in [2.45, 2.75) is 13.8 Å². The Morgan fingerprint density at radius 3 is 2.54 bits per heavy atom. The Morgan fingerprint density at radius 2 is 1.92 bits per heavy atom. The first-order valence-corrected chi connectivity index (χ1v) is 7.72. The van der Waals surface area contributed by atoms with E-state index in [9.17, 15) is 4.79 Å². The van der Waals surface area contributed by atoms with E-state index in [1.807, 2.05) is 12.1 Å². The quantitative estimate of drug-likeness (QED) is 0.805. The predicted molar refractivity (Wildman–Crippen MR) is 91.7 cm³/mol. The number of rotatable bonds is 8. The lowest BCUT2D eigenvalue weighted by Crippen LogP contribution is -2.20. The number of anilines is 1. The molecule has 1 aromatic carbocycles. The Balaban J connectivity index is 1.83. The summed E-state index contributed by atoms with van der Waals surface area (Å²) >= 11 is 0. The highest BCUT2D eigenvalue weighted by Crippen LogP contribution is 2.20. The minimum atomic E-state index is -0.268. The van der Waals surface area contributed by atoms with Crippen LogP contribution in [0, 0.1) is 5.92 Å². The molecule has 0 fully saturated rings. The number of nitrogens with zero attached hydrogens (tertiary/aromatic N) is 1.